The second-order valence-corrected chi connectivity index (χ2v) is 7.25. The van der Waals surface area contributed by atoms with Gasteiger partial charge in [-0.1, -0.05) is 49.0 Å². The fourth-order valence-electron chi connectivity index (χ4n) is 2.78. The van der Waals surface area contributed by atoms with Crippen LogP contribution < -0.4 is 5.32 Å². The van der Waals surface area contributed by atoms with E-state index >= 15 is 0 Å². The van der Waals surface area contributed by atoms with Gasteiger partial charge in [-0.2, -0.15) is 0 Å². The van der Waals surface area contributed by atoms with E-state index in [9.17, 15) is 9.59 Å². The van der Waals surface area contributed by atoms with Crippen LogP contribution in [0.5, 0.6) is 0 Å². The molecule has 0 radical (unpaired) electrons. The van der Waals surface area contributed by atoms with Gasteiger partial charge in [0.15, 0.2) is 11.3 Å². The summed E-state index contributed by atoms with van der Waals surface area (Å²) in [6.07, 6.45) is 0.0949. The summed E-state index contributed by atoms with van der Waals surface area (Å²) in [6, 6.07) is 17.0. The normalized spacial score (nSPS) is 11.9. The zero-order valence-electron chi connectivity index (χ0n) is 15.9. The van der Waals surface area contributed by atoms with Crippen molar-refractivity contribution >= 4 is 40.4 Å². The summed E-state index contributed by atoms with van der Waals surface area (Å²) in [5, 5.41) is 3.50. The van der Waals surface area contributed by atoms with Gasteiger partial charge in [0.1, 0.15) is 0 Å². The molecular weight excluding hydrogens is 374 g/mol. The number of para-hydroxylation sites is 3. The number of hydrogen-bond donors (Lipinski definition) is 1. The van der Waals surface area contributed by atoms with Gasteiger partial charge in [-0.3, -0.25) is 9.59 Å². The predicted octanol–water partition coefficient (Wildman–Crippen LogP) is 4.11. The summed E-state index contributed by atoms with van der Waals surface area (Å²) in [5.74, 6) is -0.714. The van der Waals surface area contributed by atoms with Crippen LogP contribution in [0.2, 0.25) is 0 Å². The number of anilines is 1. The number of nitrogens with zero attached hydrogens (tertiary/aromatic N) is 2. The fourth-order valence-corrected chi connectivity index (χ4v) is 3.60. The first-order valence-electron chi connectivity index (χ1n) is 9.22. The average molecular weight is 398 g/mol. The Bertz CT molecular complexity index is 956. The maximum Gasteiger partial charge on any atom is 0.317 e. The molecule has 6 nitrogen and oxygen atoms in total. The largest absolute Gasteiger partial charge is 0.452 e. The van der Waals surface area contributed by atoms with Gasteiger partial charge in [0.05, 0.1) is 16.8 Å². The molecule has 3 rings (SSSR count). The number of fused-ring (bicyclic) bond motifs is 1. The monoisotopic (exact) mass is 397 g/mol. The first kappa shape index (κ1) is 19.9. The number of hydrogen-bond acceptors (Lipinski definition) is 5. The van der Waals surface area contributed by atoms with Gasteiger partial charge in [0, 0.05) is 12.2 Å². The van der Waals surface area contributed by atoms with Crippen molar-refractivity contribution in [3.05, 3.63) is 54.6 Å². The number of aromatic nitrogens is 2. The van der Waals surface area contributed by atoms with Crippen molar-refractivity contribution in [2.75, 3.05) is 11.1 Å². The highest BCUT2D eigenvalue weighted by Crippen LogP contribution is 2.24. The molecule has 28 heavy (non-hydrogen) atoms. The van der Waals surface area contributed by atoms with Crippen LogP contribution in [0.15, 0.2) is 59.8 Å². The maximum absolute atomic E-state index is 12.2. The molecule has 7 heteroatoms. The maximum atomic E-state index is 12.2. The van der Waals surface area contributed by atoms with E-state index < -0.39 is 12.1 Å². The minimum absolute atomic E-state index is 0.0932. The lowest BCUT2D eigenvalue weighted by molar-refractivity contribution is -0.150. The summed E-state index contributed by atoms with van der Waals surface area (Å²) in [4.78, 5) is 29.0. The number of imidazole rings is 1. The number of ether oxygens (including phenoxy) is 1. The molecule has 0 bridgehead atoms. The highest BCUT2D eigenvalue weighted by Gasteiger charge is 2.19. The molecule has 0 aliphatic heterocycles. The molecular formula is C21H23N3O3S. The standard InChI is InChI=1S/C21H23N3O3S/c1-3-13-24-18-12-8-7-11-17(18)23-21(24)28-14-19(25)27-15(2)20(26)22-16-9-5-4-6-10-16/h4-12,15H,3,13-14H2,1-2H3,(H,22,26)/t15-/m1/s1. The molecule has 0 aliphatic carbocycles. The van der Waals surface area contributed by atoms with Crippen molar-refractivity contribution in [2.45, 2.75) is 38.1 Å². The van der Waals surface area contributed by atoms with Crippen molar-refractivity contribution in [2.24, 2.45) is 0 Å². The number of benzene rings is 2. The van der Waals surface area contributed by atoms with Crippen molar-refractivity contribution in [3.63, 3.8) is 0 Å². The topological polar surface area (TPSA) is 73.2 Å². The smallest absolute Gasteiger partial charge is 0.317 e. The number of carbonyl (C=O) groups is 2. The van der Waals surface area contributed by atoms with Gasteiger partial charge in [0.2, 0.25) is 0 Å². The minimum Gasteiger partial charge on any atom is -0.452 e. The summed E-state index contributed by atoms with van der Waals surface area (Å²) in [6.45, 7) is 4.49. The van der Waals surface area contributed by atoms with Gasteiger partial charge >= 0.3 is 5.97 Å². The molecule has 0 spiro atoms. The Labute approximate surface area is 168 Å². The van der Waals surface area contributed by atoms with Gasteiger partial charge in [-0.05, 0) is 37.6 Å². The number of amides is 1. The second-order valence-electron chi connectivity index (χ2n) is 6.31. The fraction of sp³-hybridized carbons (Fsp3) is 0.286. The van der Waals surface area contributed by atoms with E-state index in [0.29, 0.717) is 5.69 Å². The number of esters is 1. The van der Waals surface area contributed by atoms with E-state index in [1.54, 1.807) is 19.1 Å². The Morgan fingerprint density at radius 1 is 1.14 bits per heavy atom. The van der Waals surface area contributed by atoms with E-state index in [2.05, 4.69) is 21.8 Å². The molecule has 0 unspecified atom stereocenters. The first-order chi connectivity index (χ1) is 13.6. The Balaban J connectivity index is 1.57. The third-order valence-corrected chi connectivity index (χ3v) is 5.05. The van der Waals surface area contributed by atoms with Crippen LogP contribution in [0.3, 0.4) is 0 Å². The van der Waals surface area contributed by atoms with E-state index in [1.165, 1.54) is 11.8 Å². The third-order valence-electron chi connectivity index (χ3n) is 4.10. The Morgan fingerprint density at radius 3 is 2.61 bits per heavy atom. The molecule has 0 fully saturated rings. The van der Waals surface area contributed by atoms with Crippen LogP contribution in [0.25, 0.3) is 11.0 Å². The highest BCUT2D eigenvalue weighted by atomic mass is 32.2. The van der Waals surface area contributed by atoms with E-state index in [0.717, 1.165) is 29.2 Å². The Morgan fingerprint density at radius 2 is 1.86 bits per heavy atom. The van der Waals surface area contributed by atoms with Crippen LogP contribution in [-0.4, -0.2) is 33.3 Å². The molecule has 0 saturated heterocycles. The van der Waals surface area contributed by atoms with Crippen LogP contribution in [0.1, 0.15) is 20.3 Å². The zero-order chi connectivity index (χ0) is 19.9. The van der Waals surface area contributed by atoms with E-state index in [1.807, 2.05) is 42.5 Å². The lowest BCUT2D eigenvalue weighted by Gasteiger charge is -2.13. The minimum atomic E-state index is -0.872. The highest BCUT2D eigenvalue weighted by molar-refractivity contribution is 7.99. The number of aryl methyl sites for hydroxylation is 1. The summed E-state index contributed by atoms with van der Waals surface area (Å²) in [5.41, 5.74) is 2.62. The van der Waals surface area contributed by atoms with Crippen LogP contribution in [0.4, 0.5) is 5.69 Å². The number of rotatable bonds is 8. The van der Waals surface area contributed by atoms with E-state index in [-0.39, 0.29) is 11.7 Å². The quantitative estimate of drug-likeness (QED) is 0.457. The van der Waals surface area contributed by atoms with Crippen LogP contribution in [0, 0.1) is 0 Å². The van der Waals surface area contributed by atoms with Gasteiger partial charge in [-0.25, -0.2) is 4.98 Å². The second kappa shape index (κ2) is 9.41. The molecule has 1 aromatic heterocycles. The zero-order valence-corrected chi connectivity index (χ0v) is 16.7. The molecule has 3 aromatic rings. The molecule has 146 valence electrons. The molecule has 1 heterocycles. The van der Waals surface area contributed by atoms with Crippen molar-refractivity contribution in [1.29, 1.82) is 0 Å². The molecule has 1 amide bonds. The van der Waals surface area contributed by atoms with E-state index in [4.69, 9.17) is 4.74 Å². The summed E-state index contributed by atoms with van der Waals surface area (Å²) < 4.78 is 7.38. The van der Waals surface area contributed by atoms with Crippen molar-refractivity contribution < 1.29 is 14.3 Å². The number of nitrogens with one attached hydrogen (secondary N) is 1. The van der Waals surface area contributed by atoms with Gasteiger partial charge < -0.3 is 14.6 Å². The van der Waals surface area contributed by atoms with Crippen molar-refractivity contribution in [3.8, 4) is 0 Å². The number of carbonyl (C=O) groups excluding carboxylic acids is 2. The summed E-state index contributed by atoms with van der Waals surface area (Å²) >= 11 is 1.32. The third kappa shape index (κ3) is 4.92. The molecule has 0 aliphatic rings. The van der Waals surface area contributed by atoms with Crippen LogP contribution >= 0.6 is 11.8 Å². The molecule has 1 atom stereocenters. The Kier molecular flexibility index (Phi) is 6.71. The molecule has 0 saturated carbocycles. The van der Waals surface area contributed by atoms with Gasteiger partial charge in [0.25, 0.3) is 5.91 Å². The lowest BCUT2D eigenvalue weighted by Crippen LogP contribution is -2.30. The SMILES string of the molecule is CCCn1c(SCC(=O)O[C@H](C)C(=O)Nc2ccccc2)nc2ccccc21. The van der Waals surface area contributed by atoms with Crippen molar-refractivity contribution in [1.82, 2.24) is 9.55 Å². The lowest BCUT2D eigenvalue weighted by atomic mass is 10.3. The number of thioether (sulfide) groups is 1. The predicted molar refractivity (Wildman–Crippen MR) is 111 cm³/mol. The molecule has 2 aromatic carbocycles. The molecule has 1 N–H and O–H groups in total. The summed E-state index contributed by atoms with van der Waals surface area (Å²) in [7, 11) is 0. The van der Waals surface area contributed by atoms with Crippen LogP contribution in [-0.2, 0) is 20.9 Å². The Hall–Kier alpha value is -2.80. The first-order valence-corrected chi connectivity index (χ1v) is 10.2. The average Bonchev–Trinajstić information content (AvgIpc) is 3.05. The van der Waals surface area contributed by atoms with Gasteiger partial charge in [-0.15, -0.1) is 0 Å².